The van der Waals surface area contributed by atoms with Crippen molar-refractivity contribution in [2.75, 3.05) is 7.11 Å². The summed E-state index contributed by atoms with van der Waals surface area (Å²) in [6.45, 7) is 0. The number of carboxylic acids is 1. The molecule has 0 bridgehead atoms. The Hall–Kier alpha value is -1.98. The highest BCUT2D eigenvalue weighted by Gasteiger charge is 2.48. The van der Waals surface area contributed by atoms with E-state index in [1.807, 2.05) is 0 Å². The molecule has 0 amide bonds. The van der Waals surface area contributed by atoms with Crippen LogP contribution in [0.25, 0.3) is 0 Å². The lowest BCUT2D eigenvalue weighted by atomic mass is 9.77. The van der Waals surface area contributed by atoms with Crippen molar-refractivity contribution in [3.05, 3.63) is 17.4 Å². The van der Waals surface area contributed by atoms with Crippen LogP contribution in [0.4, 0.5) is 4.39 Å². The third-order valence-corrected chi connectivity index (χ3v) is 3.75. The van der Waals surface area contributed by atoms with Gasteiger partial charge in [0.1, 0.15) is 0 Å². The van der Waals surface area contributed by atoms with Gasteiger partial charge < -0.3 is 20.1 Å². The zero-order valence-electron chi connectivity index (χ0n) is 10.4. The number of halogens is 1. The topological polar surface area (TPSA) is 87.0 Å². The maximum absolute atomic E-state index is 14.3. The minimum Gasteiger partial charge on any atom is -0.504 e. The van der Waals surface area contributed by atoms with E-state index in [1.165, 1.54) is 7.11 Å². The van der Waals surface area contributed by atoms with E-state index in [0.717, 1.165) is 6.07 Å². The van der Waals surface area contributed by atoms with Crippen LogP contribution in [-0.2, 0) is 10.2 Å². The lowest BCUT2D eigenvalue weighted by Crippen LogP contribution is -2.33. The van der Waals surface area contributed by atoms with Gasteiger partial charge in [-0.2, -0.15) is 0 Å². The number of hydrogen-bond acceptors (Lipinski definition) is 4. The molecule has 1 fully saturated rings. The number of rotatable bonds is 3. The highest BCUT2D eigenvalue weighted by atomic mass is 19.1. The molecular weight excluding hydrogens is 255 g/mol. The van der Waals surface area contributed by atoms with Crippen molar-refractivity contribution in [2.45, 2.75) is 31.1 Å². The van der Waals surface area contributed by atoms with Gasteiger partial charge in [-0.25, -0.2) is 4.39 Å². The van der Waals surface area contributed by atoms with Gasteiger partial charge in [-0.3, -0.25) is 4.79 Å². The highest BCUT2D eigenvalue weighted by molar-refractivity contribution is 5.84. The molecule has 5 nitrogen and oxygen atoms in total. The Morgan fingerprint density at radius 1 is 1.37 bits per heavy atom. The van der Waals surface area contributed by atoms with Crippen LogP contribution in [0.15, 0.2) is 6.07 Å². The first kappa shape index (κ1) is 13.5. The first-order chi connectivity index (χ1) is 8.94. The summed E-state index contributed by atoms with van der Waals surface area (Å²) in [6.07, 6.45) is 1.70. The van der Waals surface area contributed by atoms with Crippen molar-refractivity contribution in [3.63, 3.8) is 0 Å². The predicted molar refractivity (Wildman–Crippen MR) is 64.1 cm³/mol. The molecular formula is C13H15FO5. The molecule has 2 rings (SSSR count). The Bertz CT molecular complexity index is 520. The van der Waals surface area contributed by atoms with Crippen LogP contribution in [0.1, 0.15) is 31.2 Å². The third-order valence-electron chi connectivity index (χ3n) is 3.75. The van der Waals surface area contributed by atoms with Gasteiger partial charge in [0.15, 0.2) is 23.1 Å². The number of benzene rings is 1. The van der Waals surface area contributed by atoms with E-state index in [-0.39, 0.29) is 24.2 Å². The molecule has 0 aliphatic heterocycles. The van der Waals surface area contributed by atoms with Crippen molar-refractivity contribution in [2.24, 2.45) is 0 Å². The van der Waals surface area contributed by atoms with E-state index in [2.05, 4.69) is 0 Å². The smallest absolute Gasteiger partial charge is 0.314 e. The predicted octanol–water partition coefficient (Wildman–Crippen LogP) is 2.14. The van der Waals surface area contributed by atoms with Gasteiger partial charge in [0, 0.05) is 6.07 Å². The van der Waals surface area contributed by atoms with Gasteiger partial charge in [0.2, 0.25) is 0 Å². The molecule has 1 saturated carbocycles. The lowest BCUT2D eigenvalue weighted by Gasteiger charge is -2.26. The lowest BCUT2D eigenvalue weighted by molar-refractivity contribution is -0.143. The molecule has 1 aliphatic rings. The van der Waals surface area contributed by atoms with Gasteiger partial charge in [-0.1, -0.05) is 12.8 Å². The van der Waals surface area contributed by atoms with Crippen LogP contribution in [-0.4, -0.2) is 28.4 Å². The number of carboxylic acid groups (broad SMARTS) is 1. The Morgan fingerprint density at radius 2 is 1.95 bits per heavy atom. The third kappa shape index (κ3) is 1.87. The molecule has 0 atom stereocenters. The van der Waals surface area contributed by atoms with Crippen LogP contribution in [0.2, 0.25) is 0 Å². The van der Waals surface area contributed by atoms with E-state index >= 15 is 0 Å². The molecule has 3 N–H and O–H groups in total. The van der Waals surface area contributed by atoms with Crippen molar-refractivity contribution in [1.82, 2.24) is 0 Å². The SMILES string of the molecule is COc1cc(O)c(O)c(C2(C(=O)O)CCCC2)c1F. The molecule has 1 aromatic rings. The van der Waals surface area contributed by atoms with E-state index in [4.69, 9.17) is 4.74 Å². The van der Waals surface area contributed by atoms with Crippen LogP contribution >= 0.6 is 0 Å². The molecule has 0 spiro atoms. The number of aromatic hydroxyl groups is 2. The molecule has 0 saturated heterocycles. The summed E-state index contributed by atoms with van der Waals surface area (Å²) in [4.78, 5) is 11.5. The second-order valence-electron chi connectivity index (χ2n) is 4.73. The quantitative estimate of drug-likeness (QED) is 0.732. The summed E-state index contributed by atoms with van der Waals surface area (Å²) in [5.41, 5.74) is -1.88. The van der Waals surface area contributed by atoms with Gasteiger partial charge in [0.05, 0.1) is 18.1 Å². The Kier molecular flexibility index (Phi) is 3.26. The standard InChI is InChI=1S/C13H15FO5/c1-19-8-6-7(15)11(16)9(10(8)14)13(12(17)18)4-2-3-5-13/h6,15-16H,2-5H2,1H3,(H,17,18). The van der Waals surface area contributed by atoms with Crippen molar-refractivity contribution >= 4 is 5.97 Å². The largest absolute Gasteiger partial charge is 0.504 e. The number of carbonyl (C=O) groups is 1. The molecule has 0 unspecified atom stereocenters. The fraction of sp³-hybridized carbons (Fsp3) is 0.462. The number of phenolic OH excluding ortho intramolecular Hbond substituents is 2. The molecule has 104 valence electrons. The van der Waals surface area contributed by atoms with Gasteiger partial charge in [-0.15, -0.1) is 0 Å². The summed E-state index contributed by atoms with van der Waals surface area (Å²) >= 11 is 0. The second-order valence-corrected chi connectivity index (χ2v) is 4.73. The van der Waals surface area contributed by atoms with Gasteiger partial charge in [0.25, 0.3) is 0 Å². The number of aliphatic carboxylic acids is 1. The zero-order chi connectivity index (χ0) is 14.2. The number of hydrogen-bond donors (Lipinski definition) is 3. The first-order valence-corrected chi connectivity index (χ1v) is 5.96. The minimum atomic E-state index is -1.50. The fourth-order valence-electron chi connectivity index (χ4n) is 2.75. The molecule has 0 aromatic heterocycles. The molecule has 1 aromatic carbocycles. The normalized spacial score (nSPS) is 17.4. The maximum atomic E-state index is 14.3. The Balaban J connectivity index is 2.73. The molecule has 19 heavy (non-hydrogen) atoms. The maximum Gasteiger partial charge on any atom is 0.314 e. The summed E-state index contributed by atoms with van der Waals surface area (Å²) in [5.74, 6) is -3.71. The van der Waals surface area contributed by atoms with Crippen LogP contribution in [0, 0.1) is 5.82 Å². The monoisotopic (exact) mass is 270 g/mol. The average molecular weight is 270 g/mol. The van der Waals surface area contributed by atoms with Crippen LogP contribution in [0.5, 0.6) is 17.2 Å². The zero-order valence-corrected chi connectivity index (χ0v) is 10.4. The van der Waals surface area contributed by atoms with Crippen molar-refractivity contribution < 1.29 is 29.2 Å². The Morgan fingerprint density at radius 3 is 2.42 bits per heavy atom. The highest BCUT2D eigenvalue weighted by Crippen LogP contribution is 2.50. The van der Waals surface area contributed by atoms with Gasteiger partial charge >= 0.3 is 5.97 Å². The number of ether oxygens (including phenoxy) is 1. The molecule has 1 aliphatic carbocycles. The molecule has 0 radical (unpaired) electrons. The summed E-state index contributed by atoms with van der Waals surface area (Å²) in [5, 5.41) is 28.9. The number of phenols is 2. The first-order valence-electron chi connectivity index (χ1n) is 5.96. The summed E-state index contributed by atoms with van der Waals surface area (Å²) in [6, 6.07) is 0.929. The number of methoxy groups -OCH3 is 1. The van der Waals surface area contributed by atoms with Crippen LogP contribution in [0.3, 0.4) is 0 Å². The molecule has 6 heteroatoms. The Labute approximate surface area is 109 Å². The van der Waals surface area contributed by atoms with Gasteiger partial charge in [-0.05, 0) is 12.8 Å². The van der Waals surface area contributed by atoms with E-state index in [1.54, 1.807) is 0 Å². The summed E-state index contributed by atoms with van der Waals surface area (Å²) < 4.78 is 19.1. The second kappa shape index (κ2) is 4.60. The minimum absolute atomic E-state index is 0.222. The van der Waals surface area contributed by atoms with Crippen LogP contribution < -0.4 is 4.74 Å². The average Bonchev–Trinajstić information content (AvgIpc) is 2.84. The fourth-order valence-corrected chi connectivity index (χ4v) is 2.75. The van der Waals surface area contributed by atoms with E-state index in [9.17, 15) is 24.5 Å². The van der Waals surface area contributed by atoms with Crippen molar-refractivity contribution in [3.8, 4) is 17.2 Å². The van der Waals surface area contributed by atoms with E-state index < -0.39 is 28.7 Å². The van der Waals surface area contributed by atoms with E-state index in [0.29, 0.717) is 12.8 Å². The molecule has 0 heterocycles. The van der Waals surface area contributed by atoms with Crippen molar-refractivity contribution in [1.29, 1.82) is 0 Å². The summed E-state index contributed by atoms with van der Waals surface area (Å²) in [7, 11) is 1.21.